The van der Waals surface area contributed by atoms with E-state index in [1.165, 1.54) is 11.6 Å². The van der Waals surface area contributed by atoms with Crippen molar-refractivity contribution < 1.29 is 23.0 Å². The lowest BCUT2D eigenvalue weighted by molar-refractivity contribution is -0.0504. The number of nitrogens with zero attached hydrogens (tertiary/aromatic N) is 1. The first-order chi connectivity index (χ1) is 15.6. The molecule has 0 atom stereocenters. The fourth-order valence-corrected chi connectivity index (χ4v) is 3.91. The summed E-state index contributed by atoms with van der Waals surface area (Å²) in [4.78, 5) is 4.30. The first-order valence-corrected chi connectivity index (χ1v) is 10.8. The van der Waals surface area contributed by atoms with Gasteiger partial charge in [-0.2, -0.15) is 8.78 Å². The summed E-state index contributed by atoms with van der Waals surface area (Å²) >= 11 is 0. The topological polar surface area (TPSA) is 64.1 Å². The molecule has 8 heteroatoms. The molecule has 174 valence electrons. The second-order valence-electron chi connectivity index (χ2n) is 7.62. The maximum absolute atomic E-state index is 12.7. The zero-order valence-electron chi connectivity index (χ0n) is 18.6. The highest BCUT2D eigenvalue weighted by Gasteiger charge is 2.34. The highest BCUT2D eigenvalue weighted by Crippen LogP contribution is 2.35. The minimum atomic E-state index is -2.86. The van der Waals surface area contributed by atoms with Gasteiger partial charge in [0.2, 0.25) is 0 Å². The molecule has 0 aliphatic carbocycles. The summed E-state index contributed by atoms with van der Waals surface area (Å²) < 4.78 is 41.1. The van der Waals surface area contributed by atoms with Crippen LogP contribution in [-0.4, -0.2) is 46.0 Å². The Kier molecular flexibility index (Phi) is 8.67. The smallest absolute Gasteiger partial charge is 0.387 e. The van der Waals surface area contributed by atoms with E-state index in [1.54, 1.807) is 25.2 Å². The van der Waals surface area contributed by atoms with E-state index in [0.717, 1.165) is 18.6 Å². The number of alkyl halides is 2. The van der Waals surface area contributed by atoms with Crippen LogP contribution in [0.3, 0.4) is 0 Å². The van der Waals surface area contributed by atoms with Gasteiger partial charge in [-0.25, -0.2) is 0 Å². The lowest BCUT2D eigenvalue weighted by Gasteiger charge is -2.38. The molecule has 0 bridgehead atoms. The van der Waals surface area contributed by atoms with Crippen LogP contribution < -0.4 is 20.1 Å². The quantitative estimate of drug-likeness (QED) is 0.448. The molecule has 0 unspecified atom stereocenters. The largest absolute Gasteiger partial charge is 0.494 e. The second-order valence-corrected chi connectivity index (χ2v) is 7.62. The normalized spacial score (nSPS) is 16.0. The molecule has 0 spiro atoms. The number of hydrogen-bond donors (Lipinski definition) is 2. The molecule has 0 aromatic heterocycles. The molecule has 3 rings (SSSR count). The Balaban J connectivity index is 1.66. The fourth-order valence-electron chi connectivity index (χ4n) is 3.91. The Bertz CT molecular complexity index is 869. The summed E-state index contributed by atoms with van der Waals surface area (Å²) in [6.45, 7) is 2.09. The summed E-state index contributed by atoms with van der Waals surface area (Å²) in [5.74, 6) is 1.60. The van der Waals surface area contributed by atoms with Crippen molar-refractivity contribution in [1.29, 1.82) is 0 Å². The van der Waals surface area contributed by atoms with Gasteiger partial charge in [0.15, 0.2) is 5.96 Å². The average molecular weight is 448 g/mol. The van der Waals surface area contributed by atoms with E-state index in [0.29, 0.717) is 44.4 Å². The summed E-state index contributed by atoms with van der Waals surface area (Å²) in [6.07, 6.45) is 1.77. The molecule has 2 aromatic rings. The molecule has 2 N–H and O–H groups in total. The summed E-state index contributed by atoms with van der Waals surface area (Å²) in [5, 5.41) is 6.61. The van der Waals surface area contributed by atoms with Gasteiger partial charge in [-0.15, -0.1) is 0 Å². The number of rotatable bonds is 9. The average Bonchev–Trinajstić information content (AvgIpc) is 2.81. The number of ether oxygens (including phenoxy) is 3. The van der Waals surface area contributed by atoms with Crippen molar-refractivity contribution in [1.82, 2.24) is 10.6 Å². The number of benzene rings is 2. The first kappa shape index (κ1) is 23.8. The van der Waals surface area contributed by atoms with E-state index in [1.807, 2.05) is 19.1 Å². The third kappa shape index (κ3) is 6.32. The van der Waals surface area contributed by atoms with Gasteiger partial charge in [-0.3, -0.25) is 4.99 Å². The molecule has 1 heterocycles. The Morgan fingerprint density at radius 3 is 2.47 bits per heavy atom. The molecule has 6 nitrogen and oxygen atoms in total. The Labute approximate surface area is 188 Å². The minimum Gasteiger partial charge on any atom is -0.494 e. The van der Waals surface area contributed by atoms with Crippen LogP contribution in [0.4, 0.5) is 8.78 Å². The van der Waals surface area contributed by atoms with Gasteiger partial charge >= 0.3 is 6.61 Å². The lowest BCUT2D eigenvalue weighted by Crippen LogP contribution is -2.47. The molecule has 0 saturated carbocycles. The monoisotopic (exact) mass is 447 g/mol. The molecule has 0 amide bonds. The van der Waals surface area contributed by atoms with E-state index in [-0.39, 0.29) is 11.2 Å². The van der Waals surface area contributed by atoms with Gasteiger partial charge in [0.25, 0.3) is 0 Å². The third-order valence-corrected chi connectivity index (χ3v) is 5.68. The van der Waals surface area contributed by atoms with E-state index in [9.17, 15) is 8.78 Å². The Morgan fingerprint density at radius 1 is 1.09 bits per heavy atom. The predicted molar refractivity (Wildman–Crippen MR) is 121 cm³/mol. The van der Waals surface area contributed by atoms with Crippen molar-refractivity contribution in [3.8, 4) is 11.5 Å². The number of hydrogen-bond acceptors (Lipinski definition) is 4. The van der Waals surface area contributed by atoms with Crippen molar-refractivity contribution >= 4 is 5.96 Å². The van der Waals surface area contributed by atoms with Gasteiger partial charge in [0.05, 0.1) is 6.61 Å². The van der Waals surface area contributed by atoms with Crippen LogP contribution in [0.15, 0.2) is 53.5 Å². The van der Waals surface area contributed by atoms with Gasteiger partial charge in [0, 0.05) is 44.3 Å². The maximum atomic E-state index is 12.7. The van der Waals surface area contributed by atoms with Crippen LogP contribution in [0, 0.1) is 0 Å². The minimum absolute atomic E-state index is 0.0999. The van der Waals surface area contributed by atoms with Gasteiger partial charge in [-0.1, -0.05) is 30.3 Å². The maximum Gasteiger partial charge on any atom is 0.387 e. The highest BCUT2D eigenvalue weighted by molar-refractivity contribution is 5.79. The predicted octanol–water partition coefficient (Wildman–Crippen LogP) is 4.10. The zero-order valence-corrected chi connectivity index (χ0v) is 18.6. The number of guanidine groups is 1. The molecule has 1 fully saturated rings. The fraction of sp³-hybridized carbons (Fsp3) is 0.458. The summed E-state index contributed by atoms with van der Waals surface area (Å²) in [7, 11) is 1.68. The molecule has 1 aliphatic rings. The van der Waals surface area contributed by atoms with Crippen LogP contribution >= 0.6 is 0 Å². The number of aliphatic imine (C=N–C) groups is 1. The van der Waals surface area contributed by atoms with Crippen molar-refractivity contribution in [2.24, 2.45) is 4.99 Å². The van der Waals surface area contributed by atoms with Crippen molar-refractivity contribution in [2.45, 2.75) is 38.3 Å². The van der Waals surface area contributed by atoms with Crippen LogP contribution in [-0.2, 0) is 16.7 Å². The standard InChI is InChI=1S/C24H31F2N3O3/c1-3-31-20-10-8-19(9-11-20)24(12-14-30-15-13-24)17-29-23(27-2)28-16-18-6-4-5-7-21(18)32-22(25)26/h4-11,22H,3,12-17H2,1-2H3,(H2,27,28,29). The summed E-state index contributed by atoms with van der Waals surface area (Å²) in [6, 6.07) is 15.0. The van der Waals surface area contributed by atoms with Crippen molar-refractivity contribution in [2.75, 3.05) is 33.4 Å². The van der Waals surface area contributed by atoms with Crippen molar-refractivity contribution in [3.63, 3.8) is 0 Å². The van der Waals surface area contributed by atoms with Crippen LogP contribution in [0.5, 0.6) is 11.5 Å². The Morgan fingerprint density at radius 2 is 1.81 bits per heavy atom. The van der Waals surface area contributed by atoms with E-state index in [2.05, 4.69) is 32.5 Å². The van der Waals surface area contributed by atoms with E-state index in [4.69, 9.17) is 9.47 Å². The van der Waals surface area contributed by atoms with Crippen LogP contribution in [0.2, 0.25) is 0 Å². The van der Waals surface area contributed by atoms with Crippen molar-refractivity contribution in [3.05, 3.63) is 59.7 Å². The first-order valence-electron chi connectivity index (χ1n) is 10.8. The van der Waals surface area contributed by atoms with E-state index >= 15 is 0 Å². The number of halogens is 2. The zero-order chi connectivity index (χ0) is 22.8. The molecular formula is C24H31F2N3O3. The number of nitrogens with one attached hydrogen (secondary N) is 2. The highest BCUT2D eigenvalue weighted by atomic mass is 19.3. The molecule has 0 radical (unpaired) electrons. The second kappa shape index (κ2) is 11.7. The Hall–Kier alpha value is -2.87. The number of para-hydroxylation sites is 1. The van der Waals surface area contributed by atoms with Gasteiger partial charge < -0.3 is 24.8 Å². The summed E-state index contributed by atoms with van der Waals surface area (Å²) in [5.41, 5.74) is 1.75. The SMILES string of the molecule is CCOc1ccc(C2(CNC(=NC)NCc3ccccc3OC(F)F)CCOCC2)cc1. The molecule has 32 heavy (non-hydrogen) atoms. The lowest BCUT2D eigenvalue weighted by atomic mass is 9.74. The van der Waals surface area contributed by atoms with E-state index < -0.39 is 6.61 Å². The molecule has 1 aliphatic heterocycles. The molecule has 2 aromatic carbocycles. The van der Waals surface area contributed by atoms with Crippen LogP contribution in [0.1, 0.15) is 30.9 Å². The molecule has 1 saturated heterocycles. The van der Waals surface area contributed by atoms with Gasteiger partial charge in [0.1, 0.15) is 11.5 Å². The third-order valence-electron chi connectivity index (χ3n) is 5.68. The van der Waals surface area contributed by atoms with Gasteiger partial charge in [-0.05, 0) is 43.5 Å². The van der Waals surface area contributed by atoms with Crippen LogP contribution in [0.25, 0.3) is 0 Å². The molecular weight excluding hydrogens is 416 g/mol.